The molecular formula is C19H22N8O. The minimum Gasteiger partial charge on any atom is -0.349 e. The number of hydrogen-bond acceptors (Lipinski definition) is 7. The summed E-state index contributed by atoms with van der Waals surface area (Å²) in [7, 11) is 2.08. The molecule has 2 aliphatic rings. The van der Waals surface area contributed by atoms with Crippen LogP contribution in [0, 0.1) is 0 Å². The standard InChI is InChI=1S/C19H22N8O/c1-25-9-10-26(19-20-7-2-8-21-19)12-15(25)17-24-23-16-6-3-13(11-27(16)17)18(28)22-14-4-5-14/h2-3,6-8,11,14-15H,4-5,9-10,12H2,1H3,(H,22,28). The molecule has 3 aromatic rings. The molecule has 1 aliphatic heterocycles. The van der Waals surface area contributed by atoms with Gasteiger partial charge in [0.25, 0.3) is 5.91 Å². The molecule has 1 atom stereocenters. The molecule has 1 unspecified atom stereocenters. The van der Waals surface area contributed by atoms with Gasteiger partial charge in [-0.05, 0) is 38.1 Å². The Balaban J connectivity index is 1.45. The summed E-state index contributed by atoms with van der Waals surface area (Å²) < 4.78 is 1.93. The summed E-state index contributed by atoms with van der Waals surface area (Å²) in [6.45, 7) is 2.42. The summed E-state index contributed by atoms with van der Waals surface area (Å²) in [4.78, 5) is 25.6. The van der Waals surface area contributed by atoms with Gasteiger partial charge in [0, 0.05) is 44.3 Å². The number of nitrogens with zero attached hydrogens (tertiary/aromatic N) is 7. The van der Waals surface area contributed by atoms with Crippen LogP contribution in [0.25, 0.3) is 5.65 Å². The van der Waals surface area contributed by atoms with E-state index in [9.17, 15) is 4.79 Å². The number of carbonyl (C=O) groups is 1. The van der Waals surface area contributed by atoms with Gasteiger partial charge >= 0.3 is 0 Å². The fourth-order valence-electron chi connectivity index (χ4n) is 3.56. The van der Waals surface area contributed by atoms with Crippen LogP contribution < -0.4 is 10.2 Å². The molecule has 0 spiro atoms. The molecular weight excluding hydrogens is 356 g/mol. The number of amides is 1. The maximum Gasteiger partial charge on any atom is 0.252 e. The Bertz CT molecular complexity index is 1000. The molecule has 2 fully saturated rings. The van der Waals surface area contributed by atoms with Crippen molar-refractivity contribution in [2.45, 2.75) is 24.9 Å². The van der Waals surface area contributed by atoms with Crippen molar-refractivity contribution in [3.05, 3.63) is 48.2 Å². The monoisotopic (exact) mass is 378 g/mol. The van der Waals surface area contributed by atoms with Crippen LogP contribution in [-0.2, 0) is 0 Å². The summed E-state index contributed by atoms with van der Waals surface area (Å²) in [6, 6.07) is 5.82. The van der Waals surface area contributed by atoms with Crippen molar-refractivity contribution in [2.24, 2.45) is 0 Å². The Labute approximate surface area is 162 Å². The van der Waals surface area contributed by atoms with Crippen molar-refractivity contribution in [1.82, 2.24) is 34.8 Å². The predicted molar refractivity (Wildman–Crippen MR) is 103 cm³/mol. The van der Waals surface area contributed by atoms with Crippen LogP contribution >= 0.6 is 0 Å². The first kappa shape index (κ1) is 17.1. The smallest absolute Gasteiger partial charge is 0.252 e. The maximum atomic E-state index is 12.4. The normalized spacial score (nSPS) is 20.5. The molecule has 0 bridgehead atoms. The average molecular weight is 378 g/mol. The zero-order chi connectivity index (χ0) is 19.1. The second-order valence-electron chi connectivity index (χ2n) is 7.44. The van der Waals surface area contributed by atoms with Crippen molar-refractivity contribution in [3.63, 3.8) is 0 Å². The third-order valence-electron chi connectivity index (χ3n) is 5.38. The van der Waals surface area contributed by atoms with Crippen LogP contribution in [-0.4, -0.2) is 68.1 Å². The third kappa shape index (κ3) is 3.18. The lowest BCUT2D eigenvalue weighted by molar-refractivity contribution is 0.0950. The number of carbonyl (C=O) groups excluding carboxylic acids is 1. The van der Waals surface area contributed by atoms with Gasteiger partial charge in [0.15, 0.2) is 11.5 Å². The number of rotatable bonds is 4. The van der Waals surface area contributed by atoms with E-state index in [-0.39, 0.29) is 11.9 Å². The van der Waals surface area contributed by atoms with E-state index >= 15 is 0 Å². The van der Waals surface area contributed by atoms with Gasteiger partial charge in [-0.15, -0.1) is 10.2 Å². The molecule has 1 N–H and O–H groups in total. The van der Waals surface area contributed by atoms with Crippen LogP contribution in [0.4, 0.5) is 5.95 Å². The van der Waals surface area contributed by atoms with E-state index in [4.69, 9.17) is 0 Å². The molecule has 1 saturated carbocycles. The lowest BCUT2D eigenvalue weighted by atomic mass is 10.1. The number of anilines is 1. The highest BCUT2D eigenvalue weighted by molar-refractivity contribution is 5.94. The third-order valence-corrected chi connectivity index (χ3v) is 5.38. The summed E-state index contributed by atoms with van der Waals surface area (Å²) in [5, 5.41) is 11.8. The van der Waals surface area contributed by atoms with Gasteiger partial charge in [-0.1, -0.05) is 0 Å². The topological polar surface area (TPSA) is 91.6 Å². The Morgan fingerprint density at radius 1 is 1.14 bits per heavy atom. The number of fused-ring (bicyclic) bond motifs is 1. The van der Waals surface area contributed by atoms with Gasteiger partial charge in [0.1, 0.15) is 0 Å². The lowest BCUT2D eigenvalue weighted by Crippen LogP contribution is -2.47. The van der Waals surface area contributed by atoms with E-state index < -0.39 is 0 Å². The molecule has 0 radical (unpaired) electrons. The first-order chi connectivity index (χ1) is 13.7. The molecule has 1 saturated heterocycles. The fraction of sp³-hybridized carbons (Fsp3) is 0.421. The van der Waals surface area contributed by atoms with Crippen molar-refractivity contribution in [3.8, 4) is 0 Å². The minimum absolute atomic E-state index is 0.0225. The van der Waals surface area contributed by atoms with Gasteiger partial charge in [-0.25, -0.2) is 9.97 Å². The summed E-state index contributed by atoms with van der Waals surface area (Å²) in [5.74, 6) is 1.50. The Kier molecular flexibility index (Phi) is 4.16. The van der Waals surface area contributed by atoms with E-state index in [1.807, 2.05) is 22.7 Å². The van der Waals surface area contributed by atoms with E-state index in [1.54, 1.807) is 18.5 Å². The van der Waals surface area contributed by atoms with Gasteiger partial charge in [0.2, 0.25) is 5.95 Å². The first-order valence-electron chi connectivity index (χ1n) is 9.57. The number of aromatic nitrogens is 5. The zero-order valence-corrected chi connectivity index (χ0v) is 15.7. The van der Waals surface area contributed by atoms with Gasteiger partial charge < -0.3 is 10.2 Å². The highest BCUT2D eigenvalue weighted by Gasteiger charge is 2.31. The predicted octanol–water partition coefficient (Wildman–Crippen LogP) is 0.905. The molecule has 5 rings (SSSR count). The van der Waals surface area contributed by atoms with Crippen molar-refractivity contribution >= 4 is 17.5 Å². The van der Waals surface area contributed by atoms with Crippen LogP contribution in [0.1, 0.15) is 35.1 Å². The minimum atomic E-state index is -0.0413. The molecule has 1 amide bonds. The molecule has 9 heteroatoms. The quantitative estimate of drug-likeness (QED) is 0.721. The highest BCUT2D eigenvalue weighted by atomic mass is 16.1. The molecule has 144 valence electrons. The zero-order valence-electron chi connectivity index (χ0n) is 15.7. The van der Waals surface area contributed by atoms with Crippen molar-refractivity contribution in [1.29, 1.82) is 0 Å². The molecule has 4 heterocycles. The first-order valence-corrected chi connectivity index (χ1v) is 9.57. The van der Waals surface area contributed by atoms with Crippen LogP contribution in [0.2, 0.25) is 0 Å². The largest absolute Gasteiger partial charge is 0.349 e. The fourth-order valence-corrected chi connectivity index (χ4v) is 3.56. The molecule has 1 aliphatic carbocycles. The number of hydrogen-bond donors (Lipinski definition) is 1. The number of pyridine rings is 1. The van der Waals surface area contributed by atoms with Crippen LogP contribution in [0.15, 0.2) is 36.8 Å². The number of likely N-dealkylation sites (N-methyl/N-ethyl adjacent to an activating group) is 1. The van der Waals surface area contributed by atoms with E-state index in [0.29, 0.717) is 18.2 Å². The van der Waals surface area contributed by atoms with Gasteiger partial charge in [-0.3, -0.25) is 14.1 Å². The number of piperazine rings is 1. The average Bonchev–Trinajstić information content (AvgIpc) is 3.45. The molecule has 28 heavy (non-hydrogen) atoms. The maximum absolute atomic E-state index is 12.4. The van der Waals surface area contributed by atoms with Crippen LogP contribution in [0.3, 0.4) is 0 Å². The lowest BCUT2D eigenvalue weighted by Gasteiger charge is -2.38. The Morgan fingerprint density at radius 3 is 2.75 bits per heavy atom. The number of nitrogens with one attached hydrogen (secondary N) is 1. The SMILES string of the molecule is CN1CCN(c2ncccn2)CC1c1nnc2ccc(C(=O)NC3CC3)cn12. The molecule has 9 nitrogen and oxygen atoms in total. The summed E-state index contributed by atoms with van der Waals surface area (Å²) in [5.41, 5.74) is 1.36. The second-order valence-corrected chi connectivity index (χ2v) is 7.44. The summed E-state index contributed by atoms with van der Waals surface area (Å²) in [6.07, 6.45) is 7.49. The molecule has 0 aromatic carbocycles. The van der Waals surface area contributed by atoms with Crippen molar-refractivity contribution < 1.29 is 4.79 Å². The van der Waals surface area contributed by atoms with Crippen molar-refractivity contribution in [2.75, 3.05) is 31.6 Å². The Hall–Kier alpha value is -3.07. The van der Waals surface area contributed by atoms with E-state index in [2.05, 4.69) is 42.3 Å². The molecule has 3 aromatic heterocycles. The van der Waals surface area contributed by atoms with Crippen LogP contribution in [0.5, 0.6) is 0 Å². The highest BCUT2D eigenvalue weighted by Crippen LogP contribution is 2.25. The van der Waals surface area contributed by atoms with E-state index in [1.165, 1.54) is 0 Å². The van der Waals surface area contributed by atoms with Gasteiger partial charge in [0.05, 0.1) is 11.6 Å². The summed E-state index contributed by atoms with van der Waals surface area (Å²) >= 11 is 0. The second kappa shape index (κ2) is 6.83. The van der Waals surface area contributed by atoms with Gasteiger partial charge in [-0.2, -0.15) is 0 Å². The Morgan fingerprint density at radius 2 is 1.96 bits per heavy atom. The van der Waals surface area contributed by atoms with E-state index in [0.717, 1.165) is 43.4 Å².